The number of nitrogens with one attached hydrogen (secondary N) is 2. The molecule has 0 aliphatic carbocycles. The van der Waals surface area contributed by atoms with Crippen LogP contribution in [0, 0.1) is 0 Å². The lowest BCUT2D eigenvalue weighted by molar-refractivity contribution is -0.115. The summed E-state index contributed by atoms with van der Waals surface area (Å²) in [6.45, 7) is 0. The van der Waals surface area contributed by atoms with Crippen molar-refractivity contribution in [1.29, 1.82) is 0 Å². The van der Waals surface area contributed by atoms with E-state index in [1.807, 2.05) is 12.1 Å². The van der Waals surface area contributed by atoms with Gasteiger partial charge in [0, 0.05) is 10.0 Å². The molecule has 0 unspecified atom stereocenters. The monoisotopic (exact) mass is 390 g/mol. The number of ether oxygens (including phenoxy) is 1. The molecule has 1 saturated heterocycles. The fourth-order valence-electron chi connectivity index (χ4n) is 1.54. The quantitative estimate of drug-likeness (QED) is 0.600. The Hall–Kier alpha value is -0.920. The predicted octanol–water partition coefficient (Wildman–Crippen LogP) is 2.57. The van der Waals surface area contributed by atoms with E-state index >= 15 is 0 Å². The first-order valence-corrected chi connectivity index (χ1v) is 6.87. The van der Waals surface area contributed by atoms with E-state index < -0.39 is 0 Å². The van der Waals surface area contributed by atoms with Crippen LogP contribution in [-0.2, 0) is 4.79 Å². The minimum atomic E-state index is -0.252. The van der Waals surface area contributed by atoms with Gasteiger partial charge in [0.05, 0.1) is 11.6 Å². The van der Waals surface area contributed by atoms with Crippen molar-refractivity contribution in [3.05, 3.63) is 32.3 Å². The highest BCUT2D eigenvalue weighted by atomic mass is 79.9. The summed E-state index contributed by atoms with van der Waals surface area (Å²) in [5.41, 5.74) is 1.16. The number of methoxy groups -OCH3 is 1. The van der Waals surface area contributed by atoms with E-state index in [2.05, 4.69) is 42.5 Å². The van der Waals surface area contributed by atoms with E-state index in [9.17, 15) is 4.79 Å². The zero-order valence-electron chi connectivity index (χ0n) is 9.21. The van der Waals surface area contributed by atoms with Gasteiger partial charge in [-0.15, -0.1) is 0 Å². The molecule has 1 fully saturated rings. The number of thiocarbonyl (C=S) groups is 1. The number of halogens is 2. The van der Waals surface area contributed by atoms with Gasteiger partial charge in [0.1, 0.15) is 11.4 Å². The maximum Gasteiger partial charge on any atom is 0.273 e. The van der Waals surface area contributed by atoms with Crippen molar-refractivity contribution in [3.63, 3.8) is 0 Å². The van der Waals surface area contributed by atoms with E-state index in [4.69, 9.17) is 17.0 Å². The SMILES string of the molecule is COc1c(Br)cc(Br)cc1/C=C1/NC(=S)NC1=O. The van der Waals surface area contributed by atoms with Crippen LogP contribution in [0.3, 0.4) is 0 Å². The van der Waals surface area contributed by atoms with Crippen LogP contribution < -0.4 is 15.4 Å². The van der Waals surface area contributed by atoms with Gasteiger partial charge < -0.3 is 10.1 Å². The van der Waals surface area contributed by atoms with Crippen molar-refractivity contribution in [1.82, 2.24) is 10.6 Å². The lowest BCUT2D eigenvalue weighted by Crippen LogP contribution is -2.21. The topological polar surface area (TPSA) is 50.4 Å². The Morgan fingerprint density at radius 3 is 2.61 bits per heavy atom. The molecule has 0 radical (unpaired) electrons. The maximum absolute atomic E-state index is 11.6. The summed E-state index contributed by atoms with van der Waals surface area (Å²) in [5.74, 6) is 0.399. The normalized spacial score (nSPS) is 16.7. The Morgan fingerprint density at radius 1 is 1.33 bits per heavy atom. The summed E-state index contributed by atoms with van der Waals surface area (Å²) >= 11 is 11.7. The van der Waals surface area contributed by atoms with Crippen molar-refractivity contribution in [3.8, 4) is 5.75 Å². The summed E-state index contributed by atoms with van der Waals surface area (Å²) in [7, 11) is 1.57. The van der Waals surface area contributed by atoms with Crippen LogP contribution in [-0.4, -0.2) is 18.1 Å². The molecule has 1 heterocycles. The van der Waals surface area contributed by atoms with Gasteiger partial charge in [-0.05, 0) is 46.4 Å². The second-order valence-corrected chi connectivity index (χ2v) is 5.65. The second kappa shape index (κ2) is 5.38. The highest BCUT2D eigenvalue weighted by Crippen LogP contribution is 2.34. The van der Waals surface area contributed by atoms with E-state index in [-0.39, 0.29) is 5.91 Å². The van der Waals surface area contributed by atoms with Crippen molar-refractivity contribution in [2.45, 2.75) is 0 Å². The summed E-state index contributed by atoms with van der Waals surface area (Å²) < 4.78 is 6.97. The predicted molar refractivity (Wildman–Crippen MR) is 80.2 cm³/mol. The largest absolute Gasteiger partial charge is 0.495 e. The Balaban J connectivity index is 2.48. The third-order valence-electron chi connectivity index (χ3n) is 2.26. The molecule has 0 spiro atoms. The van der Waals surface area contributed by atoms with E-state index in [0.29, 0.717) is 16.6 Å². The van der Waals surface area contributed by atoms with Crippen LogP contribution in [0.15, 0.2) is 26.8 Å². The zero-order valence-corrected chi connectivity index (χ0v) is 13.2. The van der Waals surface area contributed by atoms with Crippen LogP contribution in [0.25, 0.3) is 6.08 Å². The van der Waals surface area contributed by atoms with Gasteiger partial charge in [0.25, 0.3) is 5.91 Å². The third-order valence-corrected chi connectivity index (χ3v) is 3.51. The van der Waals surface area contributed by atoms with Crippen LogP contribution in [0.1, 0.15) is 5.56 Å². The molecule has 18 heavy (non-hydrogen) atoms. The molecular weight excluding hydrogens is 384 g/mol. The number of hydrogen-bond donors (Lipinski definition) is 2. The van der Waals surface area contributed by atoms with Crippen LogP contribution >= 0.6 is 44.1 Å². The summed E-state index contributed by atoms with van der Waals surface area (Å²) in [6.07, 6.45) is 1.68. The van der Waals surface area contributed by atoms with Crippen molar-refractivity contribution in [2.75, 3.05) is 7.11 Å². The van der Waals surface area contributed by atoms with Gasteiger partial charge >= 0.3 is 0 Å². The van der Waals surface area contributed by atoms with Crippen molar-refractivity contribution >= 4 is 61.2 Å². The number of carbonyl (C=O) groups is 1. The van der Waals surface area contributed by atoms with Gasteiger partial charge in [0.15, 0.2) is 5.11 Å². The molecule has 94 valence electrons. The van der Waals surface area contributed by atoms with Gasteiger partial charge in [-0.3, -0.25) is 10.1 Å². The molecule has 1 amide bonds. The van der Waals surface area contributed by atoms with E-state index in [1.54, 1.807) is 13.2 Å². The van der Waals surface area contributed by atoms with Gasteiger partial charge in [0.2, 0.25) is 0 Å². The molecule has 0 saturated carbocycles. The number of carbonyl (C=O) groups excluding carboxylic acids is 1. The summed E-state index contributed by atoms with van der Waals surface area (Å²) in [4.78, 5) is 11.6. The molecule has 0 bridgehead atoms. The van der Waals surface area contributed by atoms with Crippen LogP contribution in [0.2, 0.25) is 0 Å². The zero-order chi connectivity index (χ0) is 13.3. The molecule has 1 aliphatic heterocycles. The summed E-state index contributed by atoms with van der Waals surface area (Å²) in [6, 6.07) is 3.72. The van der Waals surface area contributed by atoms with Crippen molar-refractivity contribution < 1.29 is 9.53 Å². The van der Waals surface area contributed by atoms with E-state index in [0.717, 1.165) is 14.5 Å². The molecule has 1 aromatic rings. The number of amides is 1. The molecule has 4 nitrogen and oxygen atoms in total. The average Bonchev–Trinajstić information content (AvgIpc) is 2.57. The third kappa shape index (κ3) is 2.73. The molecule has 1 aliphatic rings. The van der Waals surface area contributed by atoms with Gasteiger partial charge in [-0.25, -0.2) is 0 Å². The van der Waals surface area contributed by atoms with Gasteiger partial charge in [-0.2, -0.15) is 0 Å². The van der Waals surface area contributed by atoms with Crippen LogP contribution in [0.4, 0.5) is 0 Å². The molecule has 0 atom stereocenters. The molecule has 0 aromatic heterocycles. The molecule has 7 heteroatoms. The fraction of sp³-hybridized carbons (Fsp3) is 0.0909. The molecular formula is C11H8Br2N2O2S. The average molecular weight is 392 g/mol. The van der Waals surface area contributed by atoms with Crippen molar-refractivity contribution in [2.24, 2.45) is 0 Å². The first-order chi connectivity index (χ1) is 8.51. The Bertz CT molecular complexity index is 572. The Morgan fingerprint density at radius 2 is 2.06 bits per heavy atom. The second-order valence-electron chi connectivity index (χ2n) is 3.48. The Labute approximate surface area is 126 Å². The summed E-state index contributed by atoms with van der Waals surface area (Å²) in [5, 5.41) is 5.60. The first-order valence-electron chi connectivity index (χ1n) is 4.88. The standard InChI is InChI=1S/C11H8Br2N2O2S/c1-17-9-5(2-6(12)4-7(9)13)3-8-10(16)15-11(18)14-8/h2-4H,1H3,(H2,14,15,16,18)/b8-3+. The molecule has 2 N–H and O–H groups in total. The molecule has 2 rings (SSSR count). The number of hydrogen-bond acceptors (Lipinski definition) is 3. The minimum Gasteiger partial charge on any atom is -0.495 e. The van der Waals surface area contributed by atoms with Gasteiger partial charge in [-0.1, -0.05) is 15.9 Å². The smallest absolute Gasteiger partial charge is 0.273 e. The minimum absolute atomic E-state index is 0.252. The lowest BCUT2D eigenvalue weighted by Gasteiger charge is -2.08. The molecule has 1 aromatic carbocycles. The number of benzene rings is 1. The highest BCUT2D eigenvalue weighted by molar-refractivity contribution is 9.11. The van der Waals surface area contributed by atoms with Crippen LogP contribution in [0.5, 0.6) is 5.75 Å². The van der Waals surface area contributed by atoms with E-state index in [1.165, 1.54) is 0 Å². The maximum atomic E-state index is 11.6. The Kier molecular flexibility index (Phi) is 4.04. The first kappa shape index (κ1) is 13.5. The fourth-order valence-corrected chi connectivity index (χ4v) is 3.16. The number of rotatable bonds is 2. The highest BCUT2D eigenvalue weighted by Gasteiger charge is 2.21. The lowest BCUT2D eigenvalue weighted by atomic mass is 10.1.